The number of hydrogen-bond donors (Lipinski definition) is 1. The van der Waals surface area contributed by atoms with Crippen molar-refractivity contribution in [3.63, 3.8) is 0 Å². The minimum Gasteiger partial charge on any atom is -0.309 e. The molecule has 0 spiro atoms. The summed E-state index contributed by atoms with van der Waals surface area (Å²) >= 11 is 11.2. The van der Waals surface area contributed by atoms with Crippen LogP contribution in [-0.2, 0) is 0 Å². The molecule has 0 bridgehead atoms. The quantitative estimate of drug-likeness (QED) is 0.864. The minimum absolute atomic E-state index is 0.0301. The molecule has 5 heteroatoms. The van der Waals surface area contributed by atoms with Crippen molar-refractivity contribution in [2.24, 2.45) is 0 Å². The number of benzene rings is 1. The van der Waals surface area contributed by atoms with E-state index in [1.165, 1.54) is 12.1 Å². The molecular weight excluding hydrogens is 325 g/mol. The van der Waals surface area contributed by atoms with Gasteiger partial charge in [-0.1, -0.05) is 17.7 Å². The van der Waals surface area contributed by atoms with Gasteiger partial charge in [0.25, 0.3) is 0 Å². The van der Waals surface area contributed by atoms with Gasteiger partial charge in [0.15, 0.2) is 0 Å². The van der Waals surface area contributed by atoms with E-state index in [-0.39, 0.29) is 11.9 Å². The summed E-state index contributed by atoms with van der Waals surface area (Å²) in [5, 5.41) is 5.63. The highest BCUT2D eigenvalue weighted by molar-refractivity contribution is 9.10. The third kappa shape index (κ3) is 2.71. The lowest BCUT2D eigenvalue weighted by Gasteiger charge is -2.17. The highest BCUT2D eigenvalue weighted by atomic mass is 79.9. The summed E-state index contributed by atoms with van der Waals surface area (Å²) in [5.74, 6) is -0.321. The fraction of sp³-hybridized carbons (Fsp3) is 0.167. The lowest BCUT2D eigenvalue weighted by molar-refractivity contribution is 0.624. The monoisotopic (exact) mass is 333 g/mol. The van der Waals surface area contributed by atoms with Gasteiger partial charge in [-0.15, -0.1) is 11.3 Å². The van der Waals surface area contributed by atoms with Crippen LogP contribution in [0, 0.1) is 5.82 Å². The molecule has 17 heavy (non-hydrogen) atoms. The Hall–Kier alpha value is -0.420. The van der Waals surface area contributed by atoms with Crippen LogP contribution in [0.5, 0.6) is 0 Å². The molecule has 2 aromatic rings. The van der Waals surface area contributed by atoms with Crippen LogP contribution in [0.1, 0.15) is 16.5 Å². The second kappa shape index (κ2) is 5.48. The average molecular weight is 335 g/mol. The van der Waals surface area contributed by atoms with Gasteiger partial charge < -0.3 is 5.32 Å². The topological polar surface area (TPSA) is 12.0 Å². The number of thiophene rings is 1. The van der Waals surface area contributed by atoms with Gasteiger partial charge in [0.1, 0.15) is 5.82 Å². The van der Waals surface area contributed by atoms with Gasteiger partial charge in [0.2, 0.25) is 0 Å². The second-order valence-electron chi connectivity index (χ2n) is 3.52. The molecule has 2 rings (SSSR count). The van der Waals surface area contributed by atoms with Crippen molar-refractivity contribution in [2.75, 3.05) is 7.05 Å². The Bertz CT molecular complexity index is 529. The zero-order valence-electron chi connectivity index (χ0n) is 9.01. The van der Waals surface area contributed by atoms with Crippen LogP contribution >= 0.6 is 38.9 Å². The first-order valence-electron chi connectivity index (χ1n) is 4.98. The van der Waals surface area contributed by atoms with Crippen molar-refractivity contribution in [3.8, 4) is 0 Å². The maximum absolute atomic E-state index is 13.0. The molecule has 90 valence electrons. The Balaban J connectivity index is 2.46. The van der Waals surface area contributed by atoms with Gasteiger partial charge in [0, 0.05) is 14.4 Å². The molecule has 0 aliphatic heterocycles. The summed E-state index contributed by atoms with van der Waals surface area (Å²) in [7, 11) is 1.86. The first kappa shape index (κ1) is 13.0. The SMILES string of the molecule is CNC(c1ccc(F)cc1Cl)c1sccc1Br. The average Bonchev–Trinajstić information content (AvgIpc) is 2.69. The van der Waals surface area contributed by atoms with Crippen LogP contribution in [0.3, 0.4) is 0 Å². The summed E-state index contributed by atoms with van der Waals surface area (Å²) in [5.41, 5.74) is 0.874. The molecular formula is C12H10BrClFNS. The van der Waals surface area contributed by atoms with Crippen molar-refractivity contribution < 1.29 is 4.39 Å². The smallest absolute Gasteiger partial charge is 0.124 e. The van der Waals surface area contributed by atoms with E-state index in [4.69, 9.17) is 11.6 Å². The molecule has 1 heterocycles. The molecule has 0 fully saturated rings. The summed E-state index contributed by atoms with van der Waals surface area (Å²) < 4.78 is 14.1. The van der Waals surface area contributed by atoms with Crippen molar-refractivity contribution >= 4 is 38.9 Å². The second-order valence-corrected chi connectivity index (χ2v) is 5.73. The maximum atomic E-state index is 13.0. The van der Waals surface area contributed by atoms with E-state index in [9.17, 15) is 4.39 Å². The third-order valence-electron chi connectivity index (χ3n) is 2.47. The summed E-state index contributed by atoms with van der Waals surface area (Å²) in [4.78, 5) is 1.13. The molecule has 0 radical (unpaired) electrons. The number of rotatable bonds is 3. The first-order chi connectivity index (χ1) is 8.13. The van der Waals surface area contributed by atoms with E-state index >= 15 is 0 Å². The van der Waals surface area contributed by atoms with E-state index in [2.05, 4.69) is 21.2 Å². The Morgan fingerprint density at radius 1 is 1.41 bits per heavy atom. The molecule has 0 saturated carbocycles. The van der Waals surface area contributed by atoms with Crippen LogP contribution in [0.15, 0.2) is 34.1 Å². The predicted molar refractivity (Wildman–Crippen MR) is 74.3 cm³/mol. The van der Waals surface area contributed by atoms with E-state index in [0.29, 0.717) is 5.02 Å². The predicted octanol–water partition coefficient (Wildman–Crippen LogP) is 4.61. The van der Waals surface area contributed by atoms with Crippen LogP contribution in [-0.4, -0.2) is 7.05 Å². The Labute approximate surface area is 117 Å². The first-order valence-corrected chi connectivity index (χ1v) is 7.03. The van der Waals surface area contributed by atoms with Crippen LogP contribution < -0.4 is 5.32 Å². The normalized spacial score (nSPS) is 12.7. The van der Waals surface area contributed by atoms with E-state index in [1.807, 2.05) is 18.5 Å². The molecule has 1 unspecified atom stereocenters. The van der Waals surface area contributed by atoms with Crippen LogP contribution in [0.25, 0.3) is 0 Å². The molecule has 1 aromatic carbocycles. The largest absolute Gasteiger partial charge is 0.309 e. The van der Waals surface area contributed by atoms with E-state index in [0.717, 1.165) is 14.9 Å². The molecule has 0 saturated heterocycles. The lowest BCUT2D eigenvalue weighted by atomic mass is 10.1. The fourth-order valence-electron chi connectivity index (χ4n) is 1.67. The van der Waals surface area contributed by atoms with Crippen LogP contribution in [0.2, 0.25) is 5.02 Å². The van der Waals surface area contributed by atoms with Gasteiger partial charge in [0.05, 0.1) is 6.04 Å². The highest BCUT2D eigenvalue weighted by Crippen LogP contribution is 2.35. The molecule has 0 aliphatic carbocycles. The molecule has 0 aliphatic rings. The Kier molecular flexibility index (Phi) is 4.20. The van der Waals surface area contributed by atoms with Gasteiger partial charge in [-0.3, -0.25) is 0 Å². The van der Waals surface area contributed by atoms with E-state index < -0.39 is 0 Å². The summed E-state index contributed by atoms with van der Waals surface area (Å²) in [6, 6.07) is 6.43. The fourth-order valence-corrected chi connectivity index (χ4v) is 3.68. The molecule has 1 atom stereocenters. The molecule has 1 nitrogen and oxygen atoms in total. The van der Waals surface area contributed by atoms with E-state index in [1.54, 1.807) is 17.4 Å². The lowest BCUT2D eigenvalue weighted by Crippen LogP contribution is -2.17. The van der Waals surface area contributed by atoms with Crippen LogP contribution in [0.4, 0.5) is 4.39 Å². The highest BCUT2D eigenvalue weighted by Gasteiger charge is 2.19. The van der Waals surface area contributed by atoms with Gasteiger partial charge in [-0.2, -0.15) is 0 Å². The van der Waals surface area contributed by atoms with Crippen molar-refractivity contribution in [3.05, 3.63) is 55.4 Å². The molecule has 1 aromatic heterocycles. The Morgan fingerprint density at radius 3 is 2.71 bits per heavy atom. The minimum atomic E-state index is -0.321. The molecule has 0 amide bonds. The van der Waals surface area contributed by atoms with Gasteiger partial charge >= 0.3 is 0 Å². The van der Waals surface area contributed by atoms with Gasteiger partial charge in [-0.05, 0) is 52.1 Å². The summed E-state index contributed by atoms with van der Waals surface area (Å²) in [6.45, 7) is 0. The maximum Gasteiger partial charge on any atom is 0.124 e. The van der Waals surface area contributed by atoms with Crippen molar-refractivity contribution in [1.29, 1.82) is 0 Å². The number of hydrogen-bond acceptors (Lipinski definition) is 2. The zero-order valence-corrected chi connectivity index (χ0v) is 12.2. The van der Waals surface area contributed by atoms with Gasteiger partial charge in [-0.25, -0.2) is 4.39 Å². The number of halogens is 3. The van der Waals surface area contributed by atoms with Crippen molar-refractivity contribution in [2.45, 2.75) is 6.04 Å². The van der Waals surface area contributed by atoms with Crippen molar-refractivity contribution in [1.82, 2.24) is 5.32 Å². The third-order valence-corrected chi connectivity index (χ3v) is 4.73. The molecule has 1 N–H and O–H groups in total. The summed E-state index contributed by atoms with van der Waals surface area (Å²) in [6.07, 6.45) is 0. The zero-order chi connectivity index (χ0) is 12.4. The Morgan fingerprint density at radius 2 is 2.18 bits per heavy atom. The standard InChI is InChI=1S/C12H10BrClFNS/c1-16-11(12-9(13)4-5-17-12)8-3-2-7(15)6-10(8)14/h2-6,11,16H,1H3. The number of nitrogens with one attached hydrogen (secondary N) is 1.